The summed E-state index contributed by atoms with van der Waals surface area (Å²) in [6.07, 6.45) is 2.23. The summed E-state index contributed by atoms with van der Waals surface area (Å²) in [5.74, 6) is 0.264. The van der Waals surface area contributed by atoms with E-state index in [1.54, 1.807) is 6.07 Å². The SMILES string of the molecule is CC(C)Cc1cccc(C(N)c2ccc(F)cn2)c1. The number of rotatable bonds is 4. The Labute approximate surface area is 113 Å². The number of halogens is 1. The van der Waals surface area contributed by atoms with Crippen LogP contribution in [-0.2, 0) is 6.42 Å². The molecule has 19 heavy (non-hydrogen) atoms. The molecule has 0 fully saturated rings. The monoisotopic (exact) mass is 258 g/mol. The molecule has 0 aliphatic rings. The first kappa shape index (κ1) is 13.7. The van der Waals surface area contributed by atoms with Gasteiger partial charge in [-0.1, -0.05) is 38.1 Å². The Hall–Kier alpha value is -1.74. The minimum absolute atomic E-state index is 0.312. The molecule has 100 valence electrons. The van der Waals surface area contributed by atoms with E-state index >= 15 is 0 Å². The average molecular weight is 258 g/mol. The molecule has 2 aromatic rings. The normalized spacial score (nSPS) is 12.7. The predicted molar refractivity (Wildman–Crippen MR) is 75.2 cm³/mol. The molecule has 0 saturated carbocycles. The van der Waals surface area contributed by atoms with E-state index < -0.39 is 0 Å². The van der Waals surface area contributed by atoms with Gasteiger partial charge in [0, 0.05) is 0 Å². The molecule has 0 aliphatic carbocycles. The van der Waals surface area contributed by atoms with E-state index in [1.165, 1.54) is 17.8 Å². The van der Waals surface area contributed by atoms with E-state index in [9.17, 15) is 4.39 Å². The van der Waals surface area contributed by atoms with Gasteiger partial charge in [0.05, 0.1) is 17.9 Å². The molecule has 1 aromatic heterocycles. The number of hydrogen-bond donors (Lipinski definition) is 1. The van der Waals surface area contributed by atoms with Crippen LogP contribution in [0.3, 0.4) is 0 Å². The highest BCUT2D eigenvalue weighted by Crippen LogP contribution is 2.20. The minimum atomic E-state index is -0.343. The lowest BCUT2D eigenvalue weighted by Gasteiger charge is -2.13. The fourth-order valence-electron chi connectivity index (χ4n) is 2.13. The second kappa shape index (κ2) is 5.93. The first-order valence-corrected chi connectivity index (χ1v) is 6.52. The Morgan fingerprint density at radius 2 is 2.00 bits per heavy atom. The number of benzene rings is 1. The molecule has 2 rings (SSSR count). The Kier molecular flexibility index (Phi) is 4.27. The van der Waals surface area contributed by atoms with Crippen LogP contribution in [0.2, 0.25) is 0 Å². The van der Waals surface area contributed by atoms with Crippen LogP contribution in [0.25, 0.3) is 0 Å². The highest BCUT2D eigenvalue weighted by atomic mass is 19.1. The van der Waals surface area contributed by atoms with E-state index in [0.717, 1.165) is 12.0 Å². The van der Waals surface area contributed by atoms with Crippen molar-refractivity contribution in [1.82, 2.24) is 4.98 Å². The highest BCUT2D eigenvalue weighted by molar-refractivity contribution is 5.31. The van der Waals surface area contributed by atoms with Gasteiger partial charge in [0.15, 0.2) is 0 Å². The predicted octanol–water partition coefficient (Wildman–Crippen LogP) is 3.47. The van der Waals surface area contributed by atoms with Crippen LogP contribution in [0.4, 0.5) is 4.39 Å². The van der Waals surface area contributed by atoms with Crippen LogP contribution in [0.1, 0.15) is 36.7 Å². The van der Waals surface area contributed by atoms with Gasteiger partial charge in [-0.3, -0.25) is 4.98 Å². The third kappa shape index (κ3) is 3.61. The van der Waals surface area contributed by atoms with Crippen LogP contribution in [0.15, 0.2) is 42.6 Å². The lowest BCUT2D eigenvalue weighted by Crippen LogP contribution is -2.14. The number of nitrogens with zero attached hydrogens (tertiary/aromatic N) is 1. The topological polar surface area (TPSA) is 38.9 Å². The van der Waals surface area contributed by atoms with Gasteiger partial charge in [0.1, 0.15) is 5.82 Å². The van der Waals surface area contributed by atoms with Gasteiger partial charge in [-0.15, -0.1) is 0 Å². The molecule has 1 atom stereocenters. The van der Waals surface area contributed by atoms with E-state index in [0.29, 0.717) is 11.6 Å². The summed E-state index contributed by atoms with van der Waals surface area (Å²) in [6.45, 7) is 4.38. The lowest BCUT2D eigenvalue weighted by molar-refractivity contribution is 0.617. The largest absolute Gasteiger partial charge is 0.319 e. The van der Waals surface area contributed by atoms with Gasteiger partial charge in [-0.2, -0.15) is 0 Å². The summed E-state index contributed by atoms with van der Waals surface area (Å²) >= 11 is 0. The second-order valence-electron chi connectivity index (χ2n) is 5.22. The Morgan fingerprint density at radius 1 is 1.21 bits per heavy atom. The smallest absolute Gasteiger partial charge is 0.141 e. The van der Waals surface area contributed by atoms with E-state index in [-0.39, 0.29) is 11.9 Å². The number of pyridine rings is 1. The number of nitrogens with two attached hydrogens (primary N) is 1. The third-order valence-corrected chi connectivity index (χ3v) is 3.02. The summed E-state index contributed by atoms with van der Waals surface area (Å²) in [5.41, 5.74) is 9.14. The van der Waals surface area contributed by atoms with Crippen LogP contribution in [-0.4, -0.2) is 4.98 Å². The van der Waals surface area contributed by atoms with Crippen LogP contribution < -0.4 is 5.73 Å². The van der Waals surface area contributed by atoms with E-state index in [4.69, 9.17) is 5.73 Å². The molecule has 3 heteroatoms. The number of aromatic nitrogens is 1. The Bertz CT molecular complexity index is 535. The number of hydrogen-bond acceptors (Lipinski definition) is 2. The first-order chi connectivity index (χ1) is 9.06. The van der Waals surface area contributed by atoms with E-state index in [1.807, 2.05) is 12.1 Å². The second-order valence-corrected chi connectivity index (χ2v) is 5.22. The molecule has 1 unspecified atom stereocenters. The molecule has 0 radical (unpaired) electrons. The summed E-state index contributed by atoms with van der Waals surface area (Å²) < 4.78 is 12.9. The van der Waals surface area contributed by atoms with Crippen LogP contribution in [0, 0.1) is 11.7 Å². The minimum Gasteiger partial charge on any atom is -0.319 e. The van der Waals surface area contributed by atoms with Crippen LogP contribution in [0.5, 0.6) is 0 Å². The molecule has 0 spiro atoms. The van der Waals surface area contributed by atoms with Crippen molar-refractivity contribution in [1.29, 1.82) is 0 Å². The summed E-state index contributed by atoms with van der Waals surface area (Å²) in [6, 6.07) is 10.9. The molecule has 0 aliphatic heterocycles. The summed E-state index contributed by atoms with van der Waals surface area (Å²) in [4.78, 5) is 4.05. The quantitative estimate of drug-likeness (QED) is 0.912. The Balaban J connectivity index is 2.23. The van der Waals surface area contributed by atoms with Crippen molar-refractivity contribution < 1.29 is 4.39 Å². The maximum absolute atomic E-state index is 12.9. The van der Waals surface area contributed by atoms with Gasteiger partial charge < -0.3 is 5.73 Å². The standard InChI is InChI=1S/C16H19FN2/c1-11(2)8-12-4-3-5-13(9-12)16(18)15-7-6-14(17)10-19-15/h3-7,9-11,16H,8,18H2,1-2H3. The van der Waals surface area contributed by atoms with Crippen molar-refractivity contribution in [2.24, 2.45) is 11.7 Å². The third-order valence-electron chi connectivity index (χ3n) is 3.02. The molecule has 0 amide bonds. The first-order valence-electron chi connectivity index (χ1n) is 6.52. The maximum Gasteiger partial charge on any atom is 0.141 e. The zero-order valence-electron chi connectivity index (χ0n) is 11.3. The van der Waals surface area contributed by atoms with E-state index in [2.05, 4.69) is 31.0 Å². The molecule has 2 N–H and O–H groups in total. The molecule has 2 nitrogen and oxygen atoms in total. The fraction of sp³-hybridized carbons (Fsp3) is 0.312. The van der Waals surface area contributed by atoms with Gasteiger partial charge >= 0.3 is 0 Å². The van der Waals surface area contributed by atoms with Crippen molar-refractivity contribution in [3.63, 3.8) is 0 Å². The fourth-order valence-corrected chi connectivity index (χ4v) is 2.13. The molecular weight excluding hydrogens is 239 g/mol. The van der Waals surface area contributed by atoms with Crippen molar-refractivity contribution in [2.75, 3.05) is 0 Å². The molecule has 0 saturated heterocycles. The zero-order chi connectivity index (χ0) is 13.8. The van der Waals surface area contributed by atoms with Crippen LogP contribution >= 0.6 is 0 Å². The van der Waals surface area contributed by atoms with Gasteiger partial charge in [-0.25, -0.2) is 4.39 Å². The summed E-state index contributed by atoms with van der Waals surface area (Å²) in [7, 11) is 0. The molecule has 0 bridgehead atoms. The molecule has 1 aromatic carbocycles. The average Bonchev–Trinajstić information content (AvgIpc) is 2.38. The van der Waals surface area contributed by atoms with Crippen molar-refractivity contribution in [2.45, 2.75) is 26.3 Å². The summed E-state index contributed by atoms with van der Waals surface area (Å²) in [5, 5.41) is 0. The molecular formula is C16H19FN2. The highest BCUT2D eigenvalue weighted by Gasteiger charge is 2.11. The van der Waals surface area contributed by atoms with Gasteiger partial charge in [0.25, 0.3) is 0 Å². The van der Waals surface area contributed by atoms with Crippen molar-refractivity contribution >= 4 is 0 Å². The zero-order valence-corrected chi connectivity index (χ0v) is 11.3. The maximum atomic E-state index is 12.9. The molecule has 1 heterocycles. The lowest BCUT2D eigenvalue weighted by atomic mass is 9.97. The van der Waals surface area contributed by atoms with Gasteiger partial charge in [0.2, 0.25) is 0 Å². The Morgan fingerprint density at radius 3 is 2.63 bits per heavy atom. The van der Waals surface area contributed by atoms with Crippen molar-refractivity contribution in [3.05, 3.63) is 65.2 Å². The van der Waals surface area contributed by atoms with Crippen molar-refractivity contribution in [3.8, 4) is 0 Å². The van der Waals surface area contributed by atoms with Gasteiger partial charge in [-0.05, 0) is 35.6 Å².